The van der Waals surface area contributed by atoms with E-state index >= 15 is 0 Å². The second-order valence-corrected chi connectivity index (χ2v) is 7.16. The predicted octanol–water partition coefficient (Wildman–Crippen LogP) is 4.38. The van der Waals surface area contributed by atoms with Gasteiger partial charge in [-0.15, -0.1) is 10.2 Å². The smallest absolute Gasteiger partial charge is 0.224 e. The van der Waals surface area contributed by atoms with Crippen molar-refractivity contribution in [1.82, 2.24) is 14.8 Å². The van der Waals surface area contributed by atoms with Crippen LogP contribution in [0.2, 0.25) is 0 Å². The molecular weight excluding hydrogens is 355 g/mol. The molecule has 144 valence electrons. The summed E-state index contributed by atoms with van der Waals surface area (Å²) < 4.78 is 15.4. The highest BCUT2D eigenvalue weighted by atomic mass is 19.1. The zero-order chi connectivity index (χ0) is 19.3. The minimum Gasteiger partial charge on any atom is -0.326 e. The number of halogens is 1. The molecule has 1 aromatic heterocycles. The summed E-state index contributed by atoms with van der Waals surface area (Å²) in [7, 11) is 0. The number of aromatic nitrogens is 3. The Bertz CT molecular complexity index is 982. The third kappa shape index (κ3) is 4.27. The first-order valence-corrected chi connectivity index (χ1v) is 9.76. The van der Waals surface area contributed by atoms with Gasteiger partial charge in [-0.2, -0.15) is 0 Å². The van der Waals surface area contributed by atoms with Crippen molar-refractivity contribution in [3.05, 3.63) is 65.7 Å². The van der Waals surface area contributed by atoms with E-state index in [0.717, 1.165) is 54.3 Å². The van der Waals surface area contributed by atoms with Crippen molar-refractivity contribution in [3.63, 3.8) is 0 Å². The molecule has 0 atom stereocenters. The summed E-state index contributed by atoms with van der Waals surface area (Å²) in [5.74, 6) is 1.52. The molecule has 0 saturated carbocycles. The number of carbonyl (C=O) groups excluding carboxylic acids is 1. The van der Waals surface area contributed by atoms with Crippen LogP contribution in [-0.4, -0.2) is 20.7 Å². The summed E-state index contributed by atoms with van der Waals surface area (Å²) in [6.07, 6.45) is 5.26. The third-order valence-corrected chi connectivity index (χ3v) is 5.04. The monoisotopic (exact) mass is 378 g/mol. The van der Waals surface area contributed by atoms with E-state index in [1.54, 1.807) is 6.07 Å². The molecule has 5 nitrogen and oxygen atoms in total. The minimum absolute atomic E-state index is 0.0958. The Labute approximate surface area is 163 Å². The molecule has 6 heteroatoms. The number of fused-ring (bicyclic) bond motifs is 1. The summed E-state index contributed by atoms with van der Waals surface area (Å²) >= 11 is 0. The van der Waals surface area contributed by atoms with E-state index in [4.69, 9.17) is 0 Å². The van der Waals surface area contributed by atoms with Gasteiger partial charge in [0.05, 0.1) is 0 Å². The number of rotatable bonds is 5. The molecule has 1 aliphatic rings. The molecule has 1 N–H and O–H groups in total. The minimum atomic E-state index is -0.280. The standard InChI is InChI=1S/C22H23FN4O/c23-18-8-4-6-16(14-18)11-12-21(28)24-19-9-5-7-17(15-19)22-26-25-20-10-2-1-3-13-27(20)22/h4-9,14-15H,1-3,10-13H2,(H,24,28). The van der Waals surface area contributed by atoms with Crippen LogP contribution in [0, 0.1) is 5.82 Å². The van der Waals surface area contributed by atoms with Gasteiger partial charge in [0.25, 0.3) is 0 Å². The first-order chi connectivity index (χ1) is 13.7. The maximum absolute atomic E-state index is 13.2. The molecule has 1 amide bonds. The van der Waals surface area contributed by atoms with Gasteiger partial charge in [-0.1, -0.05) is 30.7 Å². The molecule has 4 rings (SSSR count). The van der Waals surface area contributed by atoms with Gasteiger partial charge in [0.1, 0.15) is 11.6 Å². The first-order valence-electron chi connectivity index (χ1n) is 9.76. The molecule has 1 aliphatic heterocycles. The van der Waals surface area contributed by atoms with Crippen LogP contribution in [0.25, 0.3) is 11.4 Å². The van der Waals surface area contributed by atoms with Crippen molar-refractivity contribution in [2.45, 2.75) is 45.1 Å². The predicted molar refractivity (Wildman–Crippen MR) is 106 cm³/mol. The molecule has 28 heavy (non-hydrogen) atoms. The number of amides is 1. The molecular formula is C22H23FN4O. The largest absolute Gasteiger partial charge is 0.326 e. The Hall–Kier alpha value is -3.02. The average Bonchev–Trinajstić information content (AvgIpc) is 2.95. The van der Waals surface area contributed by atoms with Crippen LogP contribution >= 0.6 is 0 Å². The molecule has 0 fully saturated rings. The van der Waals surface area contributed by atoms with Crippen LogP contribution in [0.3, 0.4) is 0 Å². The fourth-order valence-electron chi connectivity index (χ4n) is 3.61. The molecule has 0 bridgehead atoms. The Balaban J connectivity index is 1.44. The molecule has 3 aromatic rings. The van der Waals surface area contributed by atoms with Crippen molar-refractivity contribution in [2.24, 2.45) is 0 Å². The highest BCUT2D eigenvalue weighted by Crippen LogP contribution is 2.25. The SMILES string of the molecule is O=C(CCc1cccc(F)c1)Nc1cccc(-c2nnc3n2CCCCC3)c1. The van der Waals surface area contributed by atoms with Crippen molar-refractivity contribution >= 4 is 11.6 Å². The van der Waals surface area contributed by atoms with Crippen LogP contribution in [-0.2, 0) is 24.2 Å². The fraction of sp³-hybridized carbons (Fsp3) is 0.318. The van der Waals surface area contributed by atoms with Crippen molar-refractivity contribution in [3.8, 4) is 11.4 Å². The van der Waals surface area contributed by atoms with Crippen molar-refractivity contribution in [1.29, 1.82) is 0 Å². The summed E-state index contributed by atoms with van der Waals surface area (Å²) in [4.78, 5) is 12.3. The maximum Gasteiger partial charge on any atom is 0.224 e. The zero-order valence-corrected chi connectivity index (χ0v) is 15.7. The molecule has 0 saturated heterocycles. The van der Waals surface area contributed by atoms with Gasteiger partial charge in [-0.25, -0.2) is 4.39 Å². The second kappa shape index (κ2) is 8.33. The first kappa shape index (κ1) is 18.3. The summed E-state index contributed by atoms with van der Waals surface area (Å²) in [6, 6.07) is 14.1. The quantitative estimate of drug-likeness (QED) is 0.717. The van der Waals surface area contributed by atoms with E-state index in [1.165, 1.54) is 18.6 Å². The van der Waals surface area contributed by atoms with Crippen molar-refractivity contribution < 1.29 is 9.18 Å². The fourth-order valence-corrected chi connectivity index (χ4v) is 3.61. The van der Waals surface area contributed by atoms with Gasteiger partial charge < -0.3 is 9.88 Å². The van der Waals surface area contributed by atoms with Gasteiger partial charge >= 0.3 is 0 Å². The number of aryl methyl sites for hydroxylation is 2. The van der Waals surface area contributed by atoms with E-state index in [0.29, 0.717) is 12.8 Å². The topological polar surface area (TPSA) is 59.8 Å². The van der Waals surface area contributed by atoms with Gasteiger partial charge in [0, 0.05) is 30.6 Å². The molecule has 2 heterocycles. The summed E-state index contributed by atoms with van der Waals surface area (Å²) in [5, 5.41) is 11.7. The van der Waals surface area contributed by atoms with Gasteiger partial charge in [0.2, 0.25) is 5.91 Å². The van der Waals surface area contributed by atoms with Gasteiger partial charge in [0.15, 0.2) is 5.82 Å². The average molecular weight is 378 g/mol. The highest BCUT2D eigenvalue weighted by Gasteiger charge is 2.16. The molecule has 0 aliphatic carbocycles. The van der Waals surface area contributed by atoms with E-state index in [9.17, 15) is 9.18 Å². The Morgan fingerprint density at radius 2 is 1.96 bits per heavy atom. The number of anilines is 1. The van der Waals surface area contributed by atoms with Crippen LogP contribution in [0.5, 0.6) is 0 Å². The maximum atomic E-state index is 13.2. The number of carbonyl (C=O) groups is 1. The van der Waals surface area contributed by atoms with E-state index < -0.39 is 0 Å². The lowest BCUT2D eigenvalue weighted by molar-refractivity contribution is -0.116. The summed E-state index contributed by atoms with van der Waals surface area (Å²) in [5.41, 5.74) is 2.49. The molecule has 0 radical (unpaired) electrons. The Morgan fingerprint density at radius 3 is 2.86 bits per heavy atom. The van der Waals surface area contributed by atoms with E-state index in [-0.39, 0.29) is 11.7 Å². The Morgan fingerprint density at radius 1 is 1.07 bits per heavy atom. The zero-order valence-electron chi connectivity index (χ0n) is 15.7. The van der Waals surface area contributed by atoms with E-state index in [1.807, 2.05) is 30.3 Å². The van der Waals surface area contributed by atoms with Crippen LogP contribution in [0.1, 0.15) is 37.1 Å². The van der Waals surface area contributed by atoms with Gasteiger partial charge in [-0.05, 0) is 49.1 Å². The number of hydrogen-bond acceptors (Lipinski definition) is 3. The molecule has 0 unspecified atom stereocenters. The molecule has 0 spiro atoms. The number of hydrogen-bond donors (Lipinski definition) is 1. The lowest BCUT2D eigenvalue weighted by Crippen LogP contribution is -2.12. The number of benzene rings is 2. The Kier molecular flexibility index (Phi) is 5.46. The van der Waals surface area contributed by atoms with Crippen LogP contribution in [0.4, 0.5) is 10.1 Å². The highest BCUT2D eigenvalue weighted by molar-refractivity contribution is 5.91. The van der Waals surface area contributed by atoms with Crippen molar-refractivity contribution in [2.75, 3.05) is 5.32 Å². The van der Waals surface area contributed by atoms with E-state index in [2.05, 4.69) is 20.1 Å². The normalized spacial score (nSPS) is 13.6. The summed E-state index contributed by atoms with van der Waals surface area (Å²) in [6.45, 7) is 0.932. The lowest BCUT2D eigenvalue weighted by atomic mass is 10.1. The third-order valence-electron chi connectivity index (χ3n) is 5.04. The molecule has 2 aromatic carbocycles. The van der Waals surface area contributed by atoms with Crippen LogP contribution < -0.4 is 5.32 Å². The number of nitrogens with zero attached hydrogens (tertiary/aromatic N) is 3. The van der Waals surface area contributed by atoms with Gasteiger partial charge in [-0.3, -0.25) is 4.79 Å². The van der Waals surface area contributed by atoms with Crippen LogP contribution in [0.15, 0.2) is 48.5 Å². The number of nitrogens with one attached hydrogen (secondary N) is 1. The lowest BCUT2D eigenvalue weighted by Gasteiger charge is -2.09. The second-order valence-electron chi connectivity index (χ2n) is 7.16.